The van der Waals surface area contributed by atoms with Crippen LogP contribution < -0.4 is 0 Å². The van der Waals surface area contributed by atoms with Gasteiger partial charge in [0.05, 0.1) is 0 Å². The van der Waals surface area contributed by atoms with Gasteiger partial charge in [-0.3, -0.25) is 0 Å². The minimum Gasteiger partial charge on any atom is -0.342 e. The Hall–Kier alpha value is -1.57. The summed E-state index contributed by atoms with van der Waals surface area (Å²) in [6.45, 7) is 6.35. The molecule has 0 radical (unpaired) electrons. The molecule has 2 aromatic rings. The molecule has 0 unspecified atom stereocenters. The number of aromatic amines is 1. The summed E-state index contributed by atoms with van der Waals surface area (Å²) >= 11 is 0. The van der Waals surface area contributed by atoms with Crippen LogP contribution in [0.3, 0.4) is 0 Å². The number of benzene rings is 1. The molecule has 0 fully saturated rings. The zero-order chi connectivity index (χ0) is 10.8. The van der Waals surface area contributed by atoms with E-state index in [1.165, 1.54) is 22.4 Å². The van der Waals surface area contributed by atoms with Gasteiger partial charge >= 0.3 is 0 Å². The SMILES string of the molecule is CCc1cnc(-c2ccc(C)cc2C)[nH]1. The number of hydrogen-bond donors (Lipinski definition) is 1. The molecule has 0 saturated carbocycles. The van der Waals surface area contributed by atoms with Crippen LogP contribution in [-0.4, -0.2) is 9.97 Å². The second-order valence-corrected chi connectivity index (χ2v) is 3.93. The van der Waals surface area contributed by atoms with Crippen LogP contribution in [0.4, 0.5) is 0 Å². The van der Waals surface area contributed by atoms with E-state index >= 15 is 0 Å². The molecule has 1 N–H and O–H groups in total. The Balaban J connectivity index is 2.44. The van der Waals surface area contributed by atoms with Crippen molar-refractivity contribution in [3.8, 4) is 11.4 Å². The highest BCUT2D eigenvalue weighted by atomic mass is 14.9. The van der Waals surface area contributed by atoms with Gasteiger partial charge in [-0.15, -0.1) is 0 Å². The first kappa shape index (κ1) is 9.97. The van der Waals surface area contributed by atoms with Crippen molar-refractivity contribution in [3.05, 3.63) is 41.2 Å². The van der Waals surface area contributed by atoms with Crippen LogP contribution in [0.5, 0.6) is 0 Å². The second-order valence-electron chi connectivity index (χ2n) is 3.93. The third-order valence-corrected chi connectivity index (χ3v) is 2.65. The van der Waals surface area contributed by atoms with Crippen LogP contribution in [0.1, 0.15) is 23.7 Å². The molecule has 0 atom stereocenters. The Kier molecular flexibility index (Phi) is 2.58. The molecule has 15 heavy (non-hydrogen) atoms. The molecule has 2 heteroatoms. The van der Waals surface area contributed by atoms with Gasteiger partial charge in [0.2, 0.25) is 0 Å². The first-order valence-electron chi connectivity index (χ1n) is 5.32. The lowest BCUT2D eigenvalue weighted by molar-refractivity contribution is 1.06. The fourth-order valence-corrected chi connectivity index (χ4v) is 1.75. The smallest absolute Gasteiger partial charge is 0.137 e. The average Bonchev–Trinajstić information content (AvgIpc) is 2.66. The van der Waals surface area contributed by atoms with Crippen LogP contribution in [-0.2, 0) is 6.42 Å². The molecule has 0 amide bonds. The van der Waals surface area contributed by atoms with Gasteiger partial charge in [0, 0.05) is 17.5 Å². The summed E-state index contributed by atoms with van der Waals surface area (Å²) in [5.74, 6) is 0.976. The Morgan fingerprint density at radius 2 is 2.07 bits per heavy atom. The maximum Gasteiger partial charge on any atom is 0.137 e. The van der Waals surface area contributed by atoms with E-state index in [0.29, 0.717) is 0 Å². The normalized spacial score (nSPS) is 10.6. The van der Waals surface area contributed by atoms with Crippen LogP contribution in [0.25, 0.3) is 11.4 Å². The van der Waals surface area contributed by atoms with Gasteiger partial charge in [-0.05, 0) is 25.8 Å². The Bertz CT molecular complexity index is 469. The van der Waals surface area contributed by atoms with Gasteiger partial charge in [0.1, 0.15) is 5.82 Å². The highest BCUT2D eigenvalue weighted by Gasteiger charge is 2.05. The number of hydrogen-bond acceptors (Lipinski definition) is 1. The van der Waals surface area contributed by atoms with Crippen molar-refractivity contribution in [2.24, 2.45) is 0 Å². The van der Waals surface area contributed by atoms with Gasteiger partial charge < -0.3 is 4.98 Å². The number of imidazole rings is 1. The first-order valence-corrected chi connectivity index (χ1v) is 5.32. The lowest BCUT2D eigenvalue weighted by Gasteiger charge is -2.03. The lowest BCUT2D eigenvalue weighted by atomic mass is 10.1. The molecule has 0 spiro atoms. The number of nitrogens with zero attached hydrogens (tertiary/aromatic N) is 1. The maximum absolute atomic E-state index is 4.39. The minimum atomic E-state index is 0.976. The molecule has 0 saturated heterocycles. The number of aryl methyl sites for hydroxylation is 3. The van der Waals surface area contributed by atoms with E-state index in [1.807, 2.05) is 6.20 Å². The van der Waals surface area contributed by atoms with E-state index in [1.54, 1.807) is 0 Å². The summed E-state index contributed by atoms with van der Waals surface area (Å²) in [5, 5.41) is 0. The summed E-state index contributed by atoms with van der Waals surface area (Å²) < 4.78 is 0. The number of nitrogens with one attached hydrogen (secondary N) is 1. The molecule has 2 rings (SSSR count). The lowest BCUT2D eigenvalue weighted by Crippen LogP contribution is -1.87. The molecule has 1 aromatic carbocycles. The molecular formula is C13H16N2. The largest absolute Gasteiger partial charge is 0.342 e. The van der Waals surface area contributed by atoms with E-state index in [0.717, 1.165) is 12.2 Å². The summed E-state index contributed by atoms with van der Waals surface area (Å²) in [5.41, 5.74) is 4.94. The van der Waals surface area contributed by atoms with Crippen molar-refractivity contribution in [3.63, 3.8) is 0 Å². The van der Waals surface area contributed by atoms with Gasteiger partial charge in [-0.1, -0.05) is 30.7 Å². The third kappa shape index (κ3) is 1.94. The van der Waals surface area contributed by atoms with Gasteiger partial charge in [-0.25, -0.2) is 4.98 Å². The predicted molar refractivity (Wildman–Crippen MR) is 62.9 cm³/mol. The fraction of sp³-hybridized carbons (Fsp3) is 0.308. The monoisotopic (exact) mass is 200 g/mol. The van der Waals surface area contributed by atoms with Crippen LogP contribution >= 0.6 is 0 Å². The molecule has 0 bridgehead atoms. The second kappa shape index (κ2) is 3.89. The molecule has 0 aliphatic heterocycles. The summed E-state index contributed by atoms with van der Waals surface area (Å²) in [6.07, 6.45) is 2.91. The van der Waals surface area contributed by atoms with Gasteiger partial charge in [0.15, 0.2) is 0 Å². The first-order chi connectivity index (χ1) is 7.20. The van der Waals surface area contributed by atoms with Gasteiger partial charge in [0.25, 0.3) is 0 Å². The van der Waals surface area contributed by atoms with Crippen molar-refractivity contribution in [1.82, 2.24) is 9.97 Å². The van der Waals surface area contributed by atoms with Crippen molar-refractivity contribution < 1.29 is 0 Å². The molecule has 1 aromatic heterocycles. The van der Waals surface area contributed by atoms with Crippen LogP contribution in [0, 0.1) is 13.8 Å². The quantitative estimate of drug-likeness (QED) is 0.792. The molecular weight excluding hydrogens is 184 g/mol. The standard InChI is InChI=1S/C13H16N2/c1-4-11-8-14-13(15-11)12-6-5-9(2)7-10(12)3/h5-8H,4H2,1-3H3,(H,14,15). The van der Waals surface area contributed by atoms with Crippen molar-refractivity contribution in [2.75, 3.05) is 0 Å². The van der Waals surface area contributed by atoms with E-state index in [9.17, 15) is 0 Å². The van der Waals surface area contributed by atoms with E-state index in [-0.39, 0.29) is 0 Å². The minimum absolute atomic E-state index is 0.976. The number of rotatable bonds is 2. The molecule has 2 nitrogen and oxygen atoms in total. The Morgan fingerprint density at radius 3 is 2.67 bits per heavy atom. The average molecular weight is 200 g/mol. The number of aromatic nitrogens is 2. The van der Waals surface area contributed by atoms with Crippen LogP contribution in [0.15, 0.2) is 24.4 Å². The Morgan fingerprint density at radius 1 is 1.27 bits per heavy atom. The highest BCUT2D eigenvalue weighted by Crippen LogP contribution is 2.21. The fourth-order valence-electron chi connectivity index (χ4n) is 1.75. The zero-order valence-electron chi connectivity index (χ0n) is 9.46. The summed E-state index contributed by atoms with van der Waals surface area (Å²) in [6, 6.07) is 6.43. The predicted octanol–water partition coefficient (Wildman–Crippen LogP) is 3.26. The molecule has 0 aliphatic carbocycles. The van der Waals surface area contributed by atoms with Crippen LogP contribution in [0.2, 0.25) is 0 Å². The zero-order valence-corrected chi connectivity index (χ0v) is 9.46. The third-order valence-electron chi connectivity index (χ3n) is 2.65. The van der Waals surface area contributed by atoms with Crippen molar-refractivity contribution in [2.45, 2.75) is 27.2 Å². The highest BCUT2D eigenvalue weighted by molar-refractivity contribution is 5.60. The maximum atomic E-state index is 4.39. The summed E-state index contributed by atoms with van der Waals surface area (Å²) in [4.78, 5) is 7.72. The number of H-pyrrole nitrogens is 1. The van der Waals surface area contributed by atoms with Crippen molar-refractivity contribution in [1.29, 1.82) is 0 Å². The van der Waals surface area contributed by atoms with E-state index in [4.69, 9.17) is 0 Å². The summed E-state index contributed by atoms with van der Waals surface area (Å²) in [7, 11) is 0. The topological polar surface area (TPSA) is 28.7 Å². The van der Waals surface area contributed by atoms with Gasteiger partial charge in [-0.2, -0.15) is 0 Å². The van der Waals surface area contributed by atoms with Crippen molar-refractivity contribution >= 4 is 0 Å². The Labute approximate surface area is 90.4 Å². The van der Waals surface area contributed by atoms with E-state index < -0.39 is 0 Å². The molecule has 1 heterocycles. The van der Waals surface area contributed by atoms with E-state index in [2.05, 4.69) is 48.9 Å². The molecule has 0 aliphatic rings. The molecule has 78 valence electrons.